The van der Waals surface area contributed by atoms with Gasteiger partial charge in [0.05, 0.1) is 12.8 Å². The number of carboxylic acid groups (broad SMARTS) is 2. The first kappa shape index (κ1) is 36.0. The lowest BCUT2D eigenvalue weighted by Crippen LogP contribution is -2.44. The average molecular weight is 543 g/mol. The largest absolute Gasteiger partial charge is 0.481 e. The topological polar surface area (TPSA) is 138 Å². The number of rotatable bonds is 27. The number of carboxylic acids is 2. The van der Waals surface area contributed by atoms with Crippen LogP contribution in [0.5, 0.6) is 0 Å². The monoisotopic (exact) mass is 542 g/mol. The molecule has 3 N–H and O–H groups in total. The number of unbranched alkanes of at least 4 members (excludes halogenated alkanes) is 16. The summed E-state index contributed by atoms with van der Waals surface area (Å²) in [4.78, 5) is 47.5. The Kier molecular flexibility index (Phi) is 21.8. The van der Waals surface area contributed by atoms with Gasteiger partial charge in [-0.2, -0.15) is 0 Å². The molecule has 0 aromatic heterocycles. The first-order chi connectivity index (χ1) is 18.2. The summed E-state index contributed by atoms with van der Waals surface area (Å²) in [6, 6.07) is 0. The molecule has 0 aromatic rings. The van der Waals surface area contributed by atoms with E-state index in [1.807, 2.05) is 0 Å². The zero-order valence-electron chi connectivity index (χ0n) is 24.0. The average Bonchev–Trinajstić information content (AvgIpc) is 2.85. The molecule has 0 heterocycles. The van der Waals surface area contributed by atoms with Crippen molar-refractivity contribution in [3.63, 3.8) is 0 Å². The van der Waals surface area contributed by atoms with Crippen molar-refractivity contribution in [3.8, 4) is 0 Å². The molecule has 38 heavy (non-hydrogen) atoms. The molecule has 0 aliphatic carbocycles. The summed E-state index contributed by atoms with van der Waals surface area (Å²) in [6.07, 6.45) is 17.7. The molecule has 0 spiro atoms. The number of hydrogen-bond donors (Lipinski definition) is 3. The van der Waals surface area contributed by atoms with Crippen LogP contribution >= 0.6 is 0 Å². The van der Waals surface area contributed by atoms with Gasteiger partial charge in [-0.25, -0.2) is 4.79 Å². The maximum absolute atomic E-state index is 12.8. The maximum atomic E-state index is 12.8. The molecule has 0 fully saturated rings. The molecule has 0 aromatic carbocycles. The fourth-order valence-electron chi connectivity index (χ4n) is 4.60. The van der Waals surface area contributed by atoms with Crippen LogP contribution in [0.3, 0.4) is 0 Å². The smallest absolute Gasteiger partial charge is 0.336 e. The molecule has 0 amide bonds. The fourth-order valence-corrected chi connectivity index (χ4v) is 4.60. The minimum atomic E-state index is -2.77. The van der Waals surface area contributed by atoms with E-state index in [1.54, 1.807) is 0 Å². The van der Waals surface area contributed by atoms with E-state index >= 15 is 0 Å². The van der Waals surface area contributed by atoms with Crippen molar-refractivity contribution in [2.45, 2.75) is 167 Å². The van der Waals surface area contributed by atoms with Gasteiger partial charge in [-0.05, 0) is 19.3 Å². The van der Waals surface area contributed by atoms with E-state index in [0.29, 0.717) is 19.3 Å². The predicted molar refractivity (Wildman–Crippen MR) is 148 cm³/mol. The van der Waals surface area contributed by atoms with Crippen LogP contribution in [0.1, 0.15) is 155 Å². The molecule has 0 bridgehead atoms. The second-order valence-electron chi connectivity index (χ2n) is 10.7. The van der Waals surface area contributed by atoms with E-state index in [4.69, 9.17) is 9.84 Å². The normalized spacial score (nSPS) is 13.6. The van der Waals surface area contributed by atoms with Gasteiger partial charge < -0.3 is 20.1 Å². The third-order valence-electron chi connectivity index (χ3n) is 7.01. The Morgan fingerprint density at radius 2 is 1.05 bits per heavy atom. The summed E-state index contributed by atoms with van der Waals surface area (Å²) in [5, 5.41) is 28.2. The Morgan fingerprint density at radius 1 is 0.632 bits per heavy atom. The molecule has 2 atom stereocenters. The van der Waals surface area contributed by atoms with Gasteiger partial charge in [0, 0.05) is 6.42 Å². The highest BCUT2D eigenvalue weighted by Crippen LogP contribution is 2.20. The zero-order chi connectivity index (χ0) is 28.7. The summed E-state index contributed by atoms with van der Waals surface area (Å²) in [6.45, 7) is 4.34. The van der Waals surface area contributed by atoms with Crippen molar-refractivity contribution >= 4 is 23.7 Å². The summed E-state index contributed by atoms with van der Waals surface area (Å²) in [5.41, 5.74) is -2.77. The summed E-state index contributed by atoms with van der Waals surface area (Å²) < 4.78 is 5.32. The molecule has 8 heteroatoms. The van der Waals surface area contributed by atoms with Crippen LogP contribution in [0.25, 0.3) is 0 Å². The Morgan fingerprint density at radius 3 is 1.47 bits per heavy atom. The molecule has 0 radical (unpaired) electrons. The van der Waals surface area contributed by atoms with Gasteiger partial charge >= 0.3 is 17.9 Å². The first-order valence-electron chi connectivity index (χ1n) is 15.1. The number of Topliss-reactive ketones (excluding diaryl/α,β-unsaturated/α-hetero) is 1. The number of hydrogen-bond acceptors (Lipinski definition) is 6. The zero-order valence-corrected chi connectivity index (χ0v) is 24.0. The van der Waals surface area contributed by atoms with Gasteiger partial charge in [0.2, 0.25) is 0 Å². The van der Waals surface area contributed by atoms with Crippen molar-refractivity contribution in [2.75, 3.05) is 0 Å². The standard InChI is InChI=1S/C30H54O8/c1-3-5-7-9-10-11-12-13-14-15-16-18-20-22-26(25(31)21-19-17-8-6-4-2)38-28(34)24-30(37,29(35)36)23-27(32)33/h26,37H,3-24H2,1-2H3,(H,32,33)(H,35,36). The van der Waals surface area contributed by atoms with E-state index in [0.717, 1.165) is 44.9 Å². The highest BCUT2D eigenvalue weighted by molar-refractivity contribution is 5.90. The van der Waals surface area contributed by atoms with Gasteiger partial charge in [-0.1, -0.05) is 117 Å². The molecule has 0 rings (SSSR count). The molecule has 8 nitrogen and oxygen atoms in total. The fraction of sp³-hybridized carbons (Fsp3) is 0.867. The third-order valence-corrected chi connectivity index (χ3v) is 7.01. The summed E-state index contributed by atoms with van der Waals surface area (Å²) >= 11 is 0. The Labute approximate surface area is 229 Å². The maximum Gasteiger partial charge on any atom is 0.336 e. The molecular weight excluding hydrogens is 488 g/mol. The highest BCUT2D eigenvalue weighted by Gasteiger charge is 2.42. The first-order valence-corrected chi connectivity index (χ1v) is 15.1. The Bertz CT molecular complexity index is 663. The SMILES string of the molecule is CCCCCCCCCCCCCCCC(OC(=O)CC(O)(CC(=O)O)C(=O)O)C(=O)CCCCCCC. The van der Waals surface area contributed by atoms with Crippen molar-refractivity contribution in [2.24, 2.45) is 0 Å². The van der Waals surface area contributed by atoms with Gasteiger partial charge in [0.1, 0.15) is 0 Å². The van der Waals surface area contributed by atoms with Crippen LogP contribution in [-0.4, -0.2) is 50.7 Å². The van der Waals surface area contributed by atoms with E-state index in [9.17, 15) is 29.4 Å². The summed E-state index contributed by atoms with van der Waals surface area (Å²) in [5.74, 6) is -4.64. The van der Waals surface area contributed by atoms with E-state index in [2.05, 4.69) is 13.8 Å². The molecule has 0 saturated heterocycles. The summed E-state index contributed by atoms with van der Waals surface area (Å²) in [7, 11) is 0. The number of ketones is 1. The van der Waals surface area contributed by atoms with Crippen LogP contribution in [0.4, 0.5) is 0 Å². The van der Waals surface area contributed by atoms with Crippen LogP contribution in [0.2, 0.25) is 0 Å². The molecular formula is C30H54O8. The lowest BCUT2D eigenvalue weighted by molar-refractivity contribution is -0.174. The molecule has 0 aliphatic heterocycles. The van der Waals surface area contributed by atoms with Gasteiger partial charge in [-0.15, -0.1) is 0 Å². The lowest BCUT2D eigenvalue weighted by atomic mass is 9.95. The number of carbonyl (C=O) groups is 4. The van der Waals surface area contributed by atoms with E-state index < -0.39 is 42.5 Å². The minimum Gasteiger partial charge on any atom is -0.481 e. The third kappa shape index (κ3) is 19.2. The second kappa shape index (κ2) is 23.0. The lowest BCUT2D eigenvalue weighted by Gasteiger charge is -2.22. The molecule has 0 saturated carbocycles. The minimum absolute atomic E-state index is 0.203. The van der Waals surface area contributed by atoms with E-state index in [1.165, 1.54) is 57.8 Å². The van der Waals surface area contributed by atoms with Gasteiger partial charge in [0.15, 0.2) is 17.5 Å². The number of esters is 1. The van der Waals surface area contributed by atoms with Crippen molar-refractivity contribution < 1.29 is 39.2 Å². The van der Waals surface area contributed by atoms with Crippen LogP contribution in [0.15, 0.2) is 0 Å². The van der Waals surface area contributed by atoms with Crippen LogP contribution in [-0.2, 0) is 23.9 Å². The number of aliphatic carboxylic acids is 2. The van der Waals surface area contributed by atoms with Gasteiger partial charge in [0.25, 0.3) is 0 Å². The highest BCUT2D eigenvalue weighted by atomic mass is 16.5. The van der Waals surface area contributed by atoms with Crippen LogP contribution in [0, 0.1) is 0 Å². The van der Waals surface area contributed by atoms with Crippen molar-refractivity contribution in [1.29, 1.82) is 0 Å². The van der Waals surface area contributed by atoms with E-state index in [-0.39, 0.29) is 12.2 Å². The van der Waals surface area contributed by atoms with Crippen molar-refractivity contribution in [3.05, 3.63) is 0 Å². The quantitative estimate of drug-likeness (QED) is 0.0745. The second-order valence-corrected chi connectivity index (χ2v) is 10.7. The van der Waals surface area contributed by atoms with Crippen molar-refractivity contribution in [1.82, 2.24) is 0 Å². The van der Waals surface area contributed by atoms with Gasteiger partial charge in [-0.3, -0.25) is 14.4 Å². The Balaban J connectivity index is 4.55. The van der Waals surface area contributed by atoms with Crippen LogP contribution < -0.4 is 0 Å². The molecule has 2 unspecified atom stereocenters. The predicted octanol–water partition coefficient (Wildman–Crippen LogP) is 6.99. The number of carbonyl (C=O) groups excluding carboxylic acids is 2. The number of aliphatic hydroxyl groups is 1. The Hall–Kier alpha value is -1.96. The number of ether oxygens (including phenoxy) is 1. The molecule has 0 aliphatic rings. The molecule has 222 valence electrons.